The zero-order valence-corrected chi connectivity index (χ0v) is 12.1. The van der Waals surface area contributed by atoms with Crippen molar-refractivity contribution in [1.29, 1.82) is 0 Å². The van der Waals surface area contributed by atoms with Crippen LogP contribution in [-0.4, -0.2) is 51.2 Å². The van der Waals surface area contributed by atoms with Crippen LogP contribution in [0.5, 0.6) is 11.5 Å². The second-order valence-corrected chi connectivity index (χ2v) is 4.29. The van der Waals surface area contributed by atoms with E-state index in [1.54, 1.807) is 37.3 Å². The molecule has 0 radical (unpaired) electrons. The van der Waals surface area contributed by atoms with Gasteiger partial charge >= 0.3 is 0 Å². The fourth-order valence-electron chi connectivity index (χ4n) is 1.88. The third-order valence-electron chi connectivity index (χ3n) is 3.27. The summed E-state index contributed by atoms with van der Waals surface area (Å²) >= 11 is 0. The van der Waals surface area contributed by atoms with Crippen LogP contribution in [0, 0.1) is 0 Å². The van der Waals surface area contributed by atoms with Gasteiger partial charge in [0, 0.05) is 26.2 Å². The second kappa shape index (κ2) is 6.63. The zero-order valence-electron chi connectivity index (χ0n) is 11.3. The number of methoxy groups -OCH3 is 2. The van der Waals surface area contributed by atoms with Crippen molar-refractivity contribution in [3.05, 3.63) is 23.8 Å². The van der Waals surface area contributed by atoms with Gasteiger partial charge in [0.2, 0.25) is 0 Å². The molecule has 5 nitrogen and oxygen atoms in total. The summed E-state index contributed by atoms with van der Waals surface area (Å²) in [5, 5.41) is 3.15. The van der Waals surface area contributed by atoms with Crippen LogP contribution in [0.25, 0.3) is 0 Å². The molecule has 1 N–H and O–H groups in total. The van der Waals surface area contributed by atoms with E-state index >= 15 is 0 Å². The Morgan fingerprint density at radius 2 is 2.00 bits per heavy atom. The van der Waals surface area contributed by atoms with E-state index < -0.39 is 0 Å². The molecule has 0 saturated carbocycles. The molecule has 2 rings (SSSR count). The summed E-state index contributed by atoms with van der Waals surface area (Å²) in [6, 6.07) is 5.50. The summed E-state index contributed by atoms with van der Waals surface area (Å²) in [6.45, 7) is 1.70. The summed E-state index contributed by atoms with van der Waals surface area (Å²) in [6.07, 6.45) is 0. The average molecular weight is 287 g/mol. The predicted octanol–water partition coefficient (Wildman–Crippen LogP) is 1.17. The number of benzene rings is 1. The van der Waals surface area contributed by atoms with Crippen LogP contribution < -0.4 is 14.8 Å². The number of carbonyl (C=O) groups excluding carboxylic acids is 1. The van der Waals surface area contributed by atoms with E-state index in [1.807, 2.05) is 7.05 Å². The molecule has 1 aromatic carbocycles. The Balaban J connectivity index is 0.00000180. The molecule has 19 heavy (non-hydrogen) atoms. The number of hydrogen-bond acceptors (Lipinski definition) is 4. The van der Waals surface area contributed by atoms with Crippen molar-refractivity contribution in [2.45, 2.75) is 6.04 Å². The van der Waals surface area contributed by atoms with Crippen molar-refractivity contribution < 1.29 is 14.3 Å². The first-order chi connectivity index (χ1) is 8.67. The summed E-state index contributed by atoms with van der Waals surface area (Å²) in [4.78, 5) is 14.1. The number of likely N-dealkylation sites (N-methyl/N-ethyl adjacent to an activating group) is 1. The quantitative estimate of drug-likeness (QED) is 0.903. The molecule has 0 atom stereocenters. The molecule has 1 aliphatic heterocycles. The highest BCUT2D eigenvalue weighted by atomic mass is 35.5. The first-order valence-corrected chi connectivity index (χ1v) is 5.87. The minimum atomic E-state index is -0.0268. The van der Waals surface area contributed by atoms with Gasteiger partial charge in [0.05, 0.1) is 25.8 Å². The van der Waals surface area contributed by atoms with E-state index in [0.717, 1.165) is 13.1 Å². The Morgan fingerprint density at radius 3 is 2.47 bits per heavy atom. The lowest BCUT2D eigenvalue weighted by Gasteiger charge is -2.35. The SMILES string of the molecule is COc1ccc(C(=O)N(C)C2CNC2)c(OC)c1.Cl. The summed E-state index contributed by atoms with van der Waals surface area (Å²) in [5.41, 5.74) is 0.563. The maximum absolute atomic E-state index is 12.3. The van der Waals surface area contributed by atoms with Crippen molar-refractivity contribution in [3.63, 3.8) is 0 Å². The molecule has 1 saturated heterocycles. The van der Waals surface area contributed by atoms with Crippen molar-refractivity contribution in [2.75, 3.05) is 34.4 Å². The molecule has 0 unspecified atom stereocenters. The van der Waals surface area contributed by atoms with Crippen molar-refractivity contribution in [1.82, 2.24) is 10.2 Å². The van der Waals surface area contributed by atoms with Crippen LogP contribution in [-0.2, 0) is 0 Å². The van der Waals surface area contributed by atoms with Gasteiger partial charge in [-0.25, -0.2) is 0 Å². The molecular formula is C13H19ClN2O3. The maximum atomic E-state index is 12.3. The third kappa shape index (κ3) is 3.11. The number of carbonyl (C=O) groups is 1. The van der Waals surface area contributed by atoms with E-state index in [9.17, 15) is 4.79 Å². The van der Waals surface area contributed by atoms with Crippen molar-refractivity contribution in [3.8, 4) is 11.5 Å². The number of hydrogen-bond donors (Lipinski definition) is 1. The van der Waals surface area contributed by atoms with Crippen LogP contribution in [0.1, 0.15) is 10.4 Å². The van der Waals surface area contributed by atoms with Crippen LogP contribution >= 0.6 is 12.4 Å². The van der Waals surface area contributed by atoms with Gasteiger partial charge in [0.15, 0.2) is 0 Å². The Labute approximate surface area is 119 Å². The van der Waals surface area contributed by atoms with Gasteiger partial charge in [-0.3, -0.25) is 4.79 Å². The topological polar surface area (TPSA) is 50.8 Å². The smallest absolute Gasteiger partial charge is 0.257 e. The number of amides is 1. The summed E-state index contributed by atoms with van der Waals surface area (Å²) in [7, 11) is 4.95. The molecular weight excluding hydrogens is 268 g/mol. The van der Waals surface area contributed by atoms with E-state index in [4.69, 9.17) is 9.47 Å². The molecule has 1 fully saturated rings. The highest BCUT2D eigenvalue weighted by Crippen LogP contribution is 2.26. The highest BCUT2D eigenvalue weighted by Gasteiger charge is 2.27. The predicted molar refractivity (Wildman–Crippen MR) is 75.5 cm³/mol. The molecule has 1 aliphatic rings. The fourth-order valence-corrected chi connectivity index (χ4v) is 1.88. The number of nitrogens with zero attached hydrogens (tertiary/aromatic N) is 1. The van der Waals surface area contributed by atoms with Crippen LogP contribution in [0.2, 0.25) is 0 Å². The van der Waals surface area contributed by atoms with Gasteiger partial charge in [0.25, 0.3) is 5.91 Å². The molecule has 0 bridgehead atoms. The molecule has 1 amide bonds. The zero-order chi connectivity index (χ0) is 13.1. The number of nitrogens with one attached hydrogen (secondary N) is 1. The monoisotopic (exact) mass is 286 g/mol. The van der Waals surface area contributed by atoms with Crippen LogP contribution in [0.4, 0.5) is 0 Å². The van der Waals surface area contributed by atoms with E-state index in [2.05, 4.69) is 5.32 Å². The number of ether oxygens (including phenoxy) is 2. The van der Waals surface area contributed by atoms with Gasteiger partial charge in [-0.1, -0.05) is 0 Å². The Kier molecular flexibility index (Phi) is 5.44. The molecule has 1 heterocycles. The lowest BCUT2D eigenvalue weighted by atomic mass is 10.1. The minimum Gasteiger partial charge on any atom is -0.497 e. The van der Waals surface area contributed by atoms with Crippen LogP contribution in [0.15, 0.2) is 18.2 Å². The molecule has 0 aromatic heterocycles. The second-order valence-electron chi connectivity index (χ2n) is 4.29. The molecule has 0 aliphatic carbocycles. The standard InChI is InChI=1S/C13H18N2O3.ClH/c1-15(9-7-14-8-9)13(16)11-5-4-10(17-2)6-12(11)18-3;/h4-6,9,14H,7-8H2,1-3H3;1H. The minimum absolute atomic E-state index is 0. The van der Waals surface area contributed by atoms with Gasteiger partial charge in [-0.15, -0.1) is 12.4 Å². The van der Waals surface area contributed by atoms with E-state index in [-0.39, 0.29) is 24.4 Å². The lowest BCUT2D eigenvalue weighted by Crippen LogP contribution is -2.57. The van der Waals surface area contributed by atoms with Gasteiger partial charge in [-0.2, -0.15) is 0 Å². The lowest BCUT2D eigenvalue weighted by molar-refractivity contribution is 0.0678. The number of halogens is 1. The first-order valence-electron chi connectivity index (χ1n) is 5.87. The Hall–Kier alpha value is -1.46. The van der Waals surface area contributed by atoms with E-state index in [0.29, 0.717) is 17.1 Å². The molecule has 0 spiro atoms. The van der Waals surface area contributed by atoms with Crippen molar-refractivity contribution in [2.24, 2.45) is 0 Å². The summed E-state index contributed by atoms with van der Waals surface area (Å²) in [5.74, 6) is 1.19. The molecule has 106 valence electrons. The highest BCUT2D eigenvalue weighted by molar-refractivity contribution is 5.97. The normalized spacial score (nSPS) is 14.1. The number of rotatable bonds is 4. The maximum Gasteiger partial charge on any atom is 0.257 e. The third-order valence-corrected chi connectivity index (χ3v) is 3.27. The van der Waals surface area contributed by atoms with Gasteiger partial charge < -0.3 is 19.7 Å². The molecule has 1 aromatic rings. The van der Waals surface area contributed by atoms with Gasteiger partial charge in [0.1, 0.15) is 11.5 Å². The van der Waals surface area contributed by atoms with Crippen molar-refractivity contribution >= 4 is 18.3 Å². The fraction of sp³-hybridized carbons (Fsp3) is 0.462. The Morgan fingerprint density at radius 1 is 1.32 bits per heavy atom. The van der Waals surface area contributed by atoms with Gasteiger partial charge in [-0.05, 0) is 12.1 Å². The van der Waals surface area contributed by atoms with Crippen LogP contribution in [0.3, 0.4) is 0 Å². The average Bonchev–Trinajstić information content (AvgIpc) is 2.34. The molecule has 6 heteroatoms. The first kappa shape index (κ1) is 15.6. The Bertz CT molecular complexity index is 450. The summed E-state index contributed by atoms with van der Waals surface area (Å²) < 4.78 is 10.4. The largest absolute Gasteiger partial charge is 0.497 e. The van der Waals surface area contributed by atoms with E-state index in [1.165, 1.54) is 0 Å².